The second kappa shape index (κ2) is 8.73. The minimum atomic E-state index is -0.216. The van der Waals surface area contributed by atoms with E-state index in [1.165, 1.54) is 0 Å². The van der Waals surface area contributed by atoms with E-state index in [1.54, 1.807) is 13.8 Å². The zero-order valence-corrected chi connectivity index (χ0v) is 6.29. The highest BCUT2D eigenvalue weighted by atomic mass is 17.9. The van der Waals surface area contributed by atoms with Crippen molar-refractivity contribution in [3.8, 4) is 0 Å². The van der Waals surface area contributed by atoms with E-state index in [0.717, 1.165) is 0 Å². The van der Waals surface area contributed by atoms with E-state index in [9.17, 15) is 0 Å². The van der Waals surface area contributed by atoms with Crippen molar-refractivity contribution in [1.29, 1.82) is 0 Å². The molecule has 0 saturated heterocycles. The van der Waals surface area contributed by atoms with Crippen LogP contribution >= 0.6 is 0 Å². The molecule has 0 aliphatic carbocycles. The molecule has 0 bridgehead atoms. The molecule has 0 spiro atoms. The van der Waals surface area contributed by atoms with Gasteiger partial charge in [0.05, 0.1) is 6.10 Å². The molecular weight excluding hydrogens is 180 g/mol. The Balaban J connectivity index is 2.82. The van der Waals surface area contributed by atoms with Gasteiger partial charge in [-0.05, 0) is 49.1 Å². The largest absolute Gasteiger partial charge is 0.219 e. The lowest BCUT2D eigenvalue weighted by Gasteiger charge is -2.01. The van der Waals surface area contributed by atoms with Crippen LogP contribution < -0.4 is 0 Å². The van der Waals surface area contributed by atoms with Crippen molar-refractivity contribution in [3.05, 3.63) is 0 Å². The average molecular weight is 188 g/mol. The molecule has 0 atom stereocenters. The quantitative estimate of drug-likeness (QED) is 0.330. The van der Waals surface area contributed by atoms with E-state index in [-0.39, 0.29) is 6.10 Å². The molecule has 9 nitrogen and oxygen atoms in total. The van der Waals surface area contributed by atoms with Gasteiger partial charge in [-0.3, -0.25) is 0 Å². The van der Waals surface area contributed by atoms with Crippen molar-refractivity contribution in [2.75, 3.05) is 0 Å². The second-order valence-corrected chi connectivity index (χ2v) is 1.63. The van der Waals surface area contributed by atoms with Gasteiger partial charge in [0.15, 0.2) is 0 Å². The summed E-state index contributed by atoms with van der Waals surface area (Å²) in [6.07, 6.45) is -0.216. The van der Waals surface area contributed by atoms with Crippen molar-refractivity contribution < 1.29 is 45.4 Å². The Hall–Kier alpha value is -0.360. The van der Waals surface area contributed by atoms with Crippen LogP contribution in [0.25, 0.3) is 0 Å². The SMILES string of the molecule is CC(C)OOOOOOOOO. The van der Waals surface area contributed by atoms with E-state index < -0.39 is 0 Å². The molecule has 0 rings (SSSR count). The minimum absolute atomic E-state index is 0.216. The van der Waals surface area contributed by atoms with Crippen LogP contribution in [0.1, 0.15) is 13.8 Å². The minimum Gasteiger partial charge on any atom is -0.219 e. The van der Waals surface area contributed by atoms with Gasteiger partial charge in [-0.1, -0.05) is 0 Å². The average Bonchev–Trinajstić information content (AvgIpc) is 2.02. The number of hydrogen-bond donors (Lipinski definition) is 1. The Bertz CT molecular complexity index is 83.8. The molecule has 0 heterocycles. The molecule has 0 aliphatic rings. The summed E-state index contributed by atoms with van der Waals surface area (Å²) in [4.78, 5) is 4.34. The molecule has 0 radical (unpaired) electrons. The van der Waals surface area contributed by atoms with Gasteiger partial charge in [0.25, 0.3) is 0 Å². The van der Waals surface area contributed by atoms with Crippen LogP contribution in [0.5, 0.6) is 0 Å². The summed E-state index contributed by atoms with van der Waals surface area (Å²) in [5.74, 6) is 0. The van der Waals surface area contributed by atoms with Crippen molar-refractivity contribution in [1.82, 2.24) is 0 Å². The van der Waals surface area contributed by atoms with Gasteiger partial charge in [0.1, 0.15) is 0 Å². The molecule has 0 saturated carbocycles. The summed E-state index contributed by atoms with van der Waals surface area (Å²) >= 11 is 0. The molecular formula is C3H8O9. The van der Waals surface area contributed by atoms with E-state index in [0.29, 0.717) is 0 Å². The van der Waals surface area contributed by atoms with Gasteiger partial charge >= 0.3 is 0 Å². The van der Waals surface area contributed by atoms with Gasteiger partial charge in [-0.15, -0.1) is 0 Å². The highest BCUT2D eigenvalue weighted by molar-refractivity contribution is 4.24. The Morgan fingerprint density at radius 2 is 1.33 bits per heavy atom. The Morgan fingerprint density at radius 1 is 0.833 bits per heavy atom. The highest BCUT2D eigenvalue weighted by Gasteiger charge is 1.96. The molecule has 0 aromatic heterocycles. The Morgan fingerprint density at radius 3 is 1.83 bits per heavy atom. The predicted molar refractivity (Wildman–Crippen MR) is 26.4 cm³/mol. The van der Waals surface area contributed by atoms with Crippen molar-refractivity contribution in [2.24, 2.45) is 0 Å². The standard InChI is InChI=1S/C3H8O9/c1-3(2)5-7-9-11-12-10-8-6-4/h3-4H,1-2H3. The molecule has 0 fully saturated rings. The molecule has 0 aromatic carbocycles. The molecule has 74 valence electrons. The fraction of sp³-hybridized carbons (Fsp3) is 1.00. The maximum atomic E-state index is 7.46. The topological polar surface area (TPSA) is 94.1 Å². The van der Waals surface area contributed by atoms with Crippen LogP contribution in [0.4, 0.5) is 0 Å². The van der Waals surface area contributed by atoms with Crippen molar-refractivity contribution in [3.63, 3.8) is 0 Å². The monoisotopic (exact) mass is 188 g/mol. The van der Waals surface area contributed by atoms with Crippen LogP contribution in [-0.4, -0.2) is 11.4 Å². The Labute approximate surface area is 66.6 Å². The van der Waals surface area contributed by atoms with Crippen molar-refractivity contribution >= 4 is 0 Å². The first kappa shape index (κ1) is 11.6. The summed E-state index contributed by atoms with van der Waals surface area (Å²) in [7, 11) is 0. The smallest absolute Gasteiger partial charge is 0.0906 e. The van der Waals surface area contributed by atoms with Gasteiger partial charge in [0, 0.05) is 0 Å². The Kier molecular flexibility index (Phi) is 8.47. The molecule has 0 aromatic rings. The van der Waals surface area contributed by atoms with Gasteiger partial charge in [0.2, 0.25) is 0 Å². The lowest BCUT2D eigenvalue weighted by Crippen LogP contribution is -2.06. The summed E-state index contributed by atoms with van der Waals surface area (Å²) in [5, 5.41) is 31.8. The van der Waals surface area contributed by atoms with Gasteiger partial charge in [-0.25, -0.2) is 10.1 Å². The summed E-state index contributed by atoms with van der Waals surface area (Å²) in [5.41, 5.74) is 0. The van der Waals surface area contributed by atoms with E-state index in [1.807, 2.05) is 0 Å². The zero-order chi connectivity index (χ0) is 9.23. The maximum absolute atomic E-state index is 7.46. The first-order chi connectivity index (χ1) is 5.77. The first-order valence-corrected chi connectivity index (χ1v) is 2.74. The summed E-state index contributed by atoms with van der Waals surface area (Å²) < 4.78 is 0. The third-order valence-corrected chi connectivity index (χ3v) is 0.401. The summed E-state index contributed by atoms with van der Waals surface area (Å²) in [6, 6.07) is 0. The van der Waals surface area contributed by atoms with Crippen LogP contribution in [0.15, 0.2) is 0 Å². The van der Waals surface area contributed by atoms with Crippen LogP contribution in [0.3, 0.4) is 0 Å². The lowest BCUT2D eigenvalue weighted by molar-refractivity contribution is -0.831. The second-order valence-electron chi connectivity index (χ2n) is 1.63. The first-order valence-electron chi connectivity index (χ1n) is 2.74. The van der Waals surface area contributed by atoms with Gasteiger partial charge < -0.3 is 0 Å². The fourth-order valence-corrected chi connectivity index (χ4v) is 0.152. The zero-order valence-electron chi connectivity index (χ0n) is 6.29. The van der Waals surface area contributed by atoms with Crippen molar-refractivity contribution in [2.45, 2.75) is 20.0 Å². The molecule has 0 amide bonds. The van der Waals surface area contributed by atoms with E-state index >= 15 is 0 Å². The van der Waals surface area contributed by atoms with Crippen LogP contribution in [-0.2, 0) is 40.2 Å². The summed E-state index contributed by atoms with van der Waals surface area (Å²) in [6.45, 7) is 3.37. The highest BCUT2D eigenvalue weighted by Crippen LogP contribution is 1.92. The number of hydrogen-bond acceptors (Lipinski definition) is 9. The van der Waals surface area contributed by atoms with E-state index in [4.69, 9.17) is 5.26 Å². The fourth-order valence-electron chi connectivity index (χ4n) is 0.152. The third-order valence-electron chi connectivity index (χ3n) is 0.401. The van der Waals surface area contributed by atoms with E-state index in [2.05, 4.69) is 40.2 Å². The number of rotatable bonds is 8. The van der Waals surface area contributed by atoms with Gasteiger partial charge in [-0.2, -0.15) is 0 Å². The molecule has 12 heavy (non-hydrogen) atoms. The third kappa shape index (κ3) is 9.64. The van der Waals surface area contributed by atoms with Crippen LogP contribution in [0, 0.1) is 0 Å². The molecule has 1 N–H and O–H groups in total. The van der Waals surface area contributed by atoms with Crippen LogP contribution in [0.2, 0.25) is 0 Å². The predicted octanol–water partition coefficient (Wildman–Crippen LogP) is 0.406. The normalized spacial score (nSPS) is 11.0. The molecule has 9 heteroatoms. The molecule has 0 unspecified atom stereocenters. The maximum Gasteiger partial charge on any atom is 0.0906 e. The lowest BCUT2D eigenvalue weighted by atomic mass is 10.5. The molecule has 0 aliphatic heterocycles.